The van der Waals surface area contributed by atoms with Gasteiger partial charge in [-0.3, -0.25) is 14.9 Å². The van der Waals surface area contributed by atoms with Crippen LogP contribution >= 0.6 is 11.8 Å². The maximum absolute atomic E-state index is 10.8. The van der Waals surface area contributed by atoms with Crippen molar-refractivity contribution in [2.24, 2.45) is 4.99 Å². The molecule has 0 atom stereocenters. The second-order valence-electron chi connectivity index (χ2n) is 5.30. The molecule has 0 radical (unpaired) electrons. The molecular formula is C15H14N6O3S2. The van der Waals surface area contributed by atoms with Crippen molar-refractivity contribution in [2.75, 3.05) is 17.6 Å². The monoisotopic (exact) mass is 390 g/mol. The van der Waals surface area contributed by atoms with Crippen molar-refractivity contribution in [1.82, 2.24) is 15.3 Å². The number of aromatic nitrogens is 2. The minimum atomic E-state index is -4.09. The van der Waals surface area contributed by atoms with E-state index < -0.39 is 15.9 Å². The van der Waals surface area contributed by atoms with Crippen LogP contribution in [0.4, 0.5) is 11.5 Å². The molecule has 0 aliphatic carbocycles. The third kappa shape index (κ3) is 4.69. The van der Waals surface area contributed by atoms with E-state index >= 15 is 0 Å². The molecule has 0 spiro atoms. The van der Waals surface area contributed by atoms with E-state index in [9.17, 15) is 8.42 Å². The molecule has 2 heterocycles. The van der Waals surface area contributed by atoms with Crippen LogP contribution in [-0.2, 0) is 16.5 Å². The average molecular weight is 390 g/mol. The number of fused-ring (bicyclic) bond motifs is 2. The Hall–Kier alpha value is -2.68. The third-order valence-electron chi connectivity index (χ3n) is 3.39. The molecule has 0 bridgehead atoms. The molecule has 0 amide bonds. The maximum atomic E-state index is 10.8. The molecule has 0 saturated carbocycles. The van der Waals surface area contributed by atoms with Gasteiger partial charge in [0, 0.05) is 23.7 Å². The Bertz CT molecular complexity index is 1000. The van der Waals surface area contributed by atoms with E-state index in [1.807, 2.05) is 18.2 Å². The third-order valence-corrected chi connectivity index (χ3v) is 5.16. The van der Waals surface area contributed by atoms with Gasteiger partial charge in [-0.05, 0) is 17.7 Å². The van der Waals surface area contributed by atoms with Gasteiger partial charge in [-0.15, -0.1) is 0 Å². The van der Waals surface area contributed by atoms with Crippen LogP contribution in [0, 0.1) is 11.5 Å². The standard InChI is InChI=1S/C15H14N6O3S2/c16-9-20-13(17-5-6-26(22,23)24)8-10-1-2-12-11(7-10)21-14-15(25-12)19-4-3-18-14/h1-4,7H,5-6,8H2,(H,17,20)(H,18,21)(H,22,23,24). The first-order valence-electron chi connectivity index (χ1n) is 7.47. The summed E-state index contributed by atoms with van der Waals surface area (Å²) in [6.45, 7) is -0.134. The minimum Gasteiger partial charge on any atom is -0.337 e. The van der Waals surface area contributed by atoms with Crippen LogP contribution < -0.4 is 10.6 Å². The number of hydrogen-bond donors (Lipinski definition) is 3. The predicted octanol–water partition coefficient (Wildman–Crippen LogP) is 1.58. The summed E-state index contributed by atoms with van der Waals surface area (Å²) >= 11 is 1.51. The summed E-state index contributed by atoms with van der Waals surface area (Å²) in [6.07, 6.45) is 5.34. The molecule has 0 saturated heterocycles. The largest absolute Gasteiger partial charge is 0.337 e. The number of nitrogens with one attached hydrogen (secondary N) is 2. The highest BCUT2D eigenvalue weighted by molar-refractivity contribution is 7.99. The van der Waals surface area contributed by atoms with Crippen molar-refractivity contribution in [3.8, 4) is 6.19 Å². The van der Waals surface area contributed by atoms with Gasteiger partial charge in [-0.2, -0.15) is 13.7 Å². The number of amidine groups is 1. The molecule has 2 aromatic rings. The van der Waals surface area contributed by atoms with Crippen LogP contribution in [0.25, 0.3) is 0 Å². The van der Waals surface area contributed by atoms with Crippen LogP contribution in [0.1, 0.15) is 5.56 Å². The Kier molecular flexibility index (Phi) is 5.36. The zero-order valence-electron chi connectivity index (χ0n) is 13.4. The molecule has 0 fully saturated rings. The fourth-order valence-corrected chi connectivity index (χ4v) is 3.48. The van der Waals surface area contributed by atoms with Crippen LogP contribution in [0.2, 0.25) is 0 Å². The summed E-state index contributed by atoms with van der Waals surface area (Å²) in [7, 11) is -4.09. The zero-order chi connectivity index (χ0) is 18.6. The number of rotatable bonds is 5. The molecule has 1 aromatic heterocycles. The van der Waals surface area contributed by atoms with Crippen molar-refractivity contribution in [3.63, 3.8) is 0 Å². The van der Waals surface area contributed by atoms with Crippen LogP contribution in [0.15, 0.2) is 45.5 Å². The van der Waals surface area contributed by atoms with Crippen LogP contribution in [0.5, 0.6) is 0 Å². The van der Waals surface area contributed by atoms with Crippen molar-refractivity contribution in [2.45, 2.75) is 16.3 Å². The SMILES string of the molecule is N#CNC(Cc1ccc2c(c1)Nc1nccnc1S2)=NCCS(=O)(=O)O. The van der Waals surface area contributed by atoms with Gasteiger partial charge in [0.2, 0.25) is 0 Å². The molecule has 26 heavy (non-hydrogen) atoms. The highest BCUT2D eigenvalue weighted by Gasteiger charge is 2.18. The Morgan fingerprint density at radius 1 is 1.38 bits per heavy atom. The number of hydrogen-bond acceptors (Lipinski definition) is 8. The van der Waals surface area contributed by atoms with Gasteiger partial charge in [0.1, 0.15) is 10.9 Å². The van der Waals surface area contributed by atoms with Gasteiger partial charge in [0.05, 0.1) is 18.0 Å². The van der Waals surface area contributed by atoms with Crippen molar-refractivity contribution < 1.29 is 13.0 Å². The average Bonchev–Trinajstić information content (AvgIpc) is 2.59. The summed E-state index contributed by atoms with van der Waals surface area (Å²) in [6, 6.07) is 5.74. The Morgan fingerprint density at radius 2 is 2.19 bits per heavy atom. The topological polar surface area (TPSA) is 140 Å². The molecule has 1 aliphatic rings. The van der Waals surface area contributed by atoms with E-state index in [1.165, 1.54) is 11.8 Å². The smallest absolute Gasteiger partial charge is 0.266 e. The molecule has 3 rings (SSSR count). The number of aliphatic imine (C=N–C) groups is 1. The number of benzene rings is 1. The first-order valence-corrected chi connectivity index (χ1v) is 9.89. The summed E-state index contributed by atoms with van der Waals surface area (Å²) in [5, 5.41) is 15.3. The summed E-state index contributed by atoms with van der Waals surface area (Å²) < 4.78 is 30.3. The van der Waals surface area contributed by atoms with E-state index in [4.69, 9.17) is 9.81 Å². The summed E-state index contributed by atoms with van der Waals surface area (Å²) in [4.78, 5) is 13.6. The Balaban J connectivity index is 1.75. The fourth-order valence-electron chi connectivity index (χ4n) is 2.28. The van der Waals surface area contributed by atoms with Crippen LogP contribution in [-0.4, -0.2) is 41.1 Å². The van der Waals surface area contributed by atoms with E-state index in [-0.39, 0.29) is 6.54 Å². The molecule has 1 aliphatic heterocycles. The first kappa shape index (κ1) is 18.1. The van der Waals surface area contributed by atoms with Crippen molar-refractivity contribution in [3.05, 3.63) is 36.2 Å². The molecule has 3 N–H and O–H groups in total. The first-order chi connectivity index (χ1) is 12.4. The second kappa shape index (κ2) is 7.69. The minimum absolute atomic E-state index is 0.134. The van der Waals surface area contributed by atoms with Gasteiger partial charge in [-0.1, -0.05) is 17.8 Å². The van der Waals surface area contributed by atoms with Gasteiger partial charge in [0.15, 0.2) is 12.0 Å². The summed E-state index contributed by atoms with van der Waals surface area (Å²) in [5.41, 5.74) is 1.74. The van der Waals surface area contributed by atoms with E-state index in [2.05, 4.69) is 25.6 Å². The molecular weight excluding hydrogens is 376 g/mol. The number of nitriles is 1. The van der Waals surface area contributed by atoms with Gasteiger partial charge < -0.3 is 5.32 Å². The number of nitrogens with zero attached hydrogens (tertiary/aromatic N) is 4. The molecule has 9 nitrogen and oxygen atoms in total. The number of anilines is 2. The lowest BCUT2D eigenvalue weighted by Crippen LogP contribution is -2.22. The van der Waals surface area contributed by atoms with E-state index in [0.29, 0.717) is 18.1 Å². The fraction of sp³-hybridized carbons (Fsp3) is 0.200. The molecule has 134 valence electrons. The normalized spacial score (nSPS) is 13.2. The molecule has 0 unspecified atom stereocenters. The zero-order valence-corrected chi connectivity index (χ0v) is 15.0. The van der Waals surface area contributed by atoms with E-state index in [0.717, 1.165) is 21.2 Å². The Morgan fingerprint density at radius 3 is 2.96 bits per heavy atom. The lowest BCUT2D eigenvalue weighted by Gasteiger charge is -2.19. The van der Waals surface area contributed by atoms with Gasteiger partial charge in [-0.25, -0.2) is 9.97 Å². The lowest BCUT2D eigenvalue weighted by atomic mass is 10.1. The lowest BCUT2D eigenvalue weighted by molar-refractivity contribution is 0.483. The van der Waals surface area contributed by atoms with Crippen molar-refractivity contribution in [1.29, 1.82) is 5.26 Å². The van der Waals surface area contributed by atoms with Crippen LogP contribution in [0.3, 0.4) is 0 Å². The Labute approximate surface area is 154 Å². The quantitative estimate of drug-likeness (QED) is 0.195. The van der Waals surface area contributed by atoms with Gasteiger partial charge in [0.25, 0.3) is 10.1 Å². The summed E-state index contributed by atoms with van der Waals surface area (Å²) in [5.74, 6) is 0.501. The second-order valence-corrected chi connectivity index (χ2v) is 7.90. The highest BCUT2D eigenvalue weighted by Crippen LogP contribution is 2.41. The highest BCUT2D eigenvalue weighted by atomic mass is 32.2. The predicted molar refractivity (Wildman–Crippen MR) is 97.1 cm³/mol. The maximum Gasteiger partial charge on any atom is 0.266 e. The van der Waals surface area contributed by atoms with E-state index in [1.54, 1.807) is 18.6 Å². The molecule has 1 aromatic carbocycles. The van der Waals surface area contributed by atoms with Crippen molar-refractivity contribution >= 4 is 39.2 Å². The van der Waals surface area contributed by atoms with Gasteiger partial charge >= 0.3 is 0 Å². The molecule has 11 heteroatoms.